The lowest BCUT2D eigenvalue weighted by atomic mass is 9.95. The maximum absolute atomic E-state index is 13.3. The summed E-state index contributed by atoms with van der Waals surface area (Å²) in [6.45, 7) is 2.78. The van der Waals surface area contributed by atoms with Crippen molar-refractivity contribution in [2.24, 2.45) is 5.92 Å². The van der Waals surface area contributed by atoms with Crippen molar-refractivity contribution >= 4 is 23.1 Å². The molecule has 0 bridgehead atoms. The number of carbonyl (C=O) groups is 2. The average molecular weight is 373 g/mol. The molecule has 1 aromatic carbocycles. The first-order chi connectivity index (χ1) is 12.5. The highest BCUT2D eigenvalue weighted by atomic mass is 32.1. The molecule has 4 nitrogen and oxygen atoms in total. The van der Waals surface area contributed by atoms with Crippen LogP contribution in [0.1, 0.15) is 41.8 Å². The summed E-state index contributed by atoms with van der Waals surface area (Å²) >= 11 is 1.50. The Bertz CT molecular complexity index is 841. The first-order valence-electron chi connectivity index (χ1n) is 8.84. The van der Waals surface area contributed by atoms with Gasteiger partial charge in [0.1, 0.15) is 5.82 Å². The molecule has 1 aromatic heterocycles. The summed E-state index contributed by atoms with van der Waals surface area (Å²) in [4.78, 5) is 27.5. The Morgan fingerprint density at radius 3 is 2.65 bits per heavy atom. The number of esters is 1. The number of halogens is 1. The van der Waals surface area contributed by atoms with Crippen molar-refractivity contribution in [3.63, 3.8) is 0 Å². The molecule has 0 spiro atoms. The first kappa shape index (κ1) is 17.4. The van der Waals surface area contributed by atoms with Gasteiger partial charge in [-0.25, -0.2) is 4.39 Å². The van der Waals surface area contributed by atoms with E-state index in [1.54, 1.807) is 12.1 Å². The number of rotatable bonds is 5. The van der Waals surface area contributed by atoms with E-state index in [1.807, 2.05) is 6.07 Å². The lowest BCUT2D eigenvalue weighted by Gasteiger charge is -2.34. The predicted octanol–water partition coefficient (Wildman–Crippen LogP) is 3.89. The molecule has 1 fully saturated rings. The van der Waals surface area contributed by atoms with Crippen LogP contribution in [0.15, 0.2) is 30.3 Å². The third kappa shape index (κ3) is 3.57. The number of carbonyl (C=O) groups excluding carboxylic acids is 2. The van der Waals surface area contributed by atoms with Crippen LogP contribution in [0.5, 0.6) is 5.06 Å². The van der Waals surface area contributed by atoms with Gasteiger partial charge in [-0.05, 0) is 48.6 Å². The molecule has 136 valence electrons. The fourth-order valence-corrected chi connectivity index (χ4v) is 4.58. The van der Waals surface area contributed by atoms with E-state index in [2.05, 4.69) is 4.90 Å². The third-order valence-corrected chi connectivity index (χ3v) is 6.03. The Hall–Kier alpha value is -2.05. The van der Waals surface area contributed by atoms with Gasteiger partial charge in [-0.15, -0.1) is 11.3 Å². The minimum Gasteiger partial charge on any atom is -0.416 e. The van der Waals surface area contributed by atoms with Crippen LogP contribution < -0.4 is 4.74 Å². The van der Waals surface area contributed by atoms with Gasteiger partial charge in [0, 0.05) is 30.8 Å². The molecule has 0 saturated heterocycles. The number of ketones is 1. The Morgan fingerprint density at radius 1 is 1.27 bits per heavy atom. The van der Waals surface area contributed by atoms with E-state index in [-0.39, 0.29) is 29.5 Å². The molecular formula is C20H20FNO3S. The van der Waals surface area contributed by atoms with E-state index in [1.165, 1.54) is 35.3 Å². The van der Waals surface area contributed by atoms with Crippen LogP contribution in [0.2, 0.25) is 0 Å². The zero-order valence-corrected chi connectivity index (χ0v) is 15.4. The van der Waals surface area contributed by atoms with E-state index in [0.717, 1.165) is 36.9 Å². The first-order valence-corrected chi connectivity index (χ1v) is 9.66. The van der Waals surface area contributed by atoms with Gasteiger partial charge in [-0.2, -0.15) is 0 Å². The minimum atomic E-state index is -0.340. The fourth-order valence-electron chi connectivity index (χ4n) is 3.53. The zero-order chi connectivity index (χ0) is 18.3. The van der Waals surface area contributed by atoms with E-state index in [0.29, 0.717) is 11.6 Å². The van der Waals surface area contributed by atoms with Crippen LogP contribution in [0.25, 0.3) is 0 Å². The van der Waals surface area contributed by atoms with Gasteiger partial charge in [-0.1, -0.05) is 12.1 Å². The fraction of sp³-hybridized carbons (Fsp3) is 0.400. The normalized spacial score (nSPS) is 18.2. The molecule has 0 amide bonds. The summed E-state index contributed by atoms with van der Waals surface area (Å²) in [6.07, 6.45) is 2.71. The van der Waals surface area contributed by atoms with Gasteiger partial charge in [0.15, 0.2) is 10.8 Å². The van der Waals surface area contributed by atoms with E-state index < -0.39 is 0 Å². The quantitative estimate of drug-likeness (QED) is 0.746. The van der Waals surface area contributed by atoms with Crippen molar-refractivity contribution in [2.75, 3.05) is 6.54 Å². The van der Waals surface area contributed by atoms with Crippen molar-refractivity contribution in [1.29, 1.82) is 0 Å². The third-order valence-electron chi connectivity index (χ3n) is 4.92. The van der Waals surface area contributed by atoms with Crippen LogP contribution in [-0.2, 0) is 22.6 Å². The number of Topliss-reactive ketones (excluding diaryl/α,β-unsaturated/α-hetero) is 1. The number of hydrogen-bond donors (Lipinski definition) is 0. The van der Waals surface area contributed by atoms with Crippen molar-refractivity contribution in [1.82, 2.24) is 4.90 Å². The standard InChI is InChI=1S/C20H20FNO3S/c1-12(23)25-18-10-15-11-22(9-8-17(15)26-18)19(20(24)14-2-3-14)13-4-6-16(21)7-5-13/h4-7,10,14,19H,2-3,8-9,11H2,1H3/t19-/m0/s1. The second kappa shape index (κ2) is 6.93. The van der Waals surface area contributed by atoms with Crippen molar-refractivity contribution in [2.45, 2.75) is 38.8 Å². The van der Waals surface area contributed by atoms with Gasteiger partial charge in [0.25, 0.3) is 0 Å². The molecule has 26 heavy (non-hydrogen) atoms. The van der Waals surface area contributed by atoms with Crippen LogP contribution in [0, 0.1) is 11.7 Å². The molecule has 1 aliphatic heterocycles. The lowest BCUT2D eigenvalue weighted by molar-refractivity contribution is -0.131. The van der Waals surface area contributed by atoms with Gasteiger partial charge < -0.3 is 4.74 Å². The lowest BCUT2D eigenvalue weighted by Crippen LogP contribution is -2.38. The minimum absolute atomic E-state index is 0.130. The summed E-state index contributed by atoms with van der Waals surface area (Å²) in [5.74, 6) is -0.259. The maximum Gasteiger partial charge on any atom is 0.308 e. The zero-order valence-electron chi connectivity index (χ0n) is 14.5. The number of benzene rings is 1. The van der Waals surface area contributed by atoms with Crippen LogP contribution in [0.3, 0.4) is 0 Å². The summed E-state index contributed by atoms with van der Waals surface area (Å²) in [6, 6.07) is 7.83. The second-order valence-electron chi connectivity index (χ2n) is 6.96. The van der Waals surface area contributed by atoms with Crippen molar-refractivity contribution in [3.05, 3.63) is 52.2 Å². The molecular weight excluding hydrogens is 353 g/mol. The van der Waals surface area contributed by atoms with E-state index in [4.69, 9.17) is 4.74 Å². The number of fused-ring (bicyclic) bond motifs is 1. The Morgan fingerprint density at radius 2 is 2.00 bits per heavy atom. The number of hydrogen-bond acceptors (Lipinski definition) is 5. The Labute approximate surface area is 155 Å². The Balaban J connectivity index is 1.60. The molecule has 0 unspecified atom stereocenters. The highest BCUT2D eigenvalue weighted by molar-refractivity contribution is 7.14. The van der Waals surface area contributed by atoms with Gasteiger partial charge >= 0.3 is 5.97 Å². The van der Waals surface area contributed by atoms with Gasteiger partial charge in [0.05, 0.1) is 6.04 Å². The number of thiophene rings is 1. The topological polar surface area (TPSA) is 46.6 Å². The molecule has 6 heteroatoms. The molecule has 1 atom stereocenters. The molecule has 2 aliphatic rings. The molecule has 1 saturated carbocycles. The predicted molar refractivity (Wildman–Crippen MR) is 96.6 cm³/mol. The maximum atomic E-state index is 13.3. The van der Waals surface area contributed by atoms with Crippen LogP contribution >= 0.6 is 11.3 Å². The summed E-state index contributed by atoms with van der Waals surface area (Å²) < 4.78 is 18.5. The van der Waals surface area contributed by atoms with Crippen LogP contribution in [0.4, 0.5) is 4.39 Å². The Kier molecular flexibility index (Phi) is 4.63. The van der Waals surface area contributed by atoms with Gasteiger partial charge in [-0.3, -0.25) is 14.5 Å². The highest BCUT2D eigenvalue weighted by Gasteiger charge is 2.39. The van der Waals surface area contributed by atoms with E-state index in [9.17, 15) is 14.0 Å². The van der Waals surface area contributed by atoms with Crippen molar-refractivity contribution < 1.29 is 18.7 Å². The smallest absolute Gasteiger partial charge is 0.308 e. The molecule has 1 aliphatic carbocycles. The van der Waals surface area contributed by atoms with Crippen LogP contribution in [-0.4, -0.2) is 23.2 Å². The molecule has 2 aromatic rings. The SMILES string of the molecule is CC(=O)Oc1cc2c(s1)CCN([C@H](C(=O)C1CC1)c1ccc(F)cc1)C2. The largest absolute Gasteiger partial charge is 0.416 e. The monoisotopic (exact) mass is 373 g/mol. The summed E-state index contributed by atoms with van der Waals surface area (Å²) in [5.41, 5.74) is 1.95. The van der Waals surface area contributed by atoms with Gasteiger partial charge in [0.2, 0.25) is 0 Å². The summed E-state index contributed by atoms with van der Waals surface area (Å²) in [5, 5.41) is 0.608. The highest BCUT2D eigenvalue weighted by Crippen LogP contribution is 2.40. The number of ether oxygens (including phenoxy) is 1. The summed E-state index contributed by atoms with van der Waals surface area (Å²) in [7, 11) is 0. The molecule has 2 heterocycles. The van der Waals surface area contributed by atoms with Crippen molar-refractivity contribution in [3.8, 4) is 5.06 Å². The van der Waals surface area contributed by atoms with E-state index >= 15 is 0 Å². The molecule has 4 rings (SSSR count). The molecule has 0 N–H and O–H groups in total. The number of nitrogens with zero attached hydrogens (tertiary/aromatic N) is 1. The average Bonchev–Trinajstić information content (AvgIpc) is 3.37. The molecule has 0 radical (unpaired) electrons. The second-order valence-corrected chi connectivity index (χ2v) is 8.06.